The van der Waals surface area contributed by atoms with Crippen molar-refractivity contribution in [3.05, 3.63) is 28.9 Å². The Morgan fingerprint density at radius 3 is 2.84 bits per heavy atom. The third-order valence-electron chi connectivity index (χ3n) is 2.00. The number of nitrogen functional groups attached to an aromatic ring is 1. The number of aromatic nitrogens is 4. The molecule has 2 aromatic rings. The van der Waals surface area contributed by atoms with Gasteiger partial charge >= 0.3 is 0 Å². The van der Waals surface area contributed by atoms with Gasteiger partial charge in [-0.1, -0.05) is 0 Å². The van der Waals surface area contributed by atoms with Crippen LogP contribution >= 0.6 is 11.8 Å². The standard InChI is InChI=1S/C11H13N5O2S/c1-6(2)18-9-8(12)10(15-5-14-9)19-11-13-4-3-7(17)16-11/h3-6H,12H2,1-2H3,(H,13,16,17). The highest BCUT2D eigenvalue weighted by atomic mass is 32.2. The highest BCUT2D eigenvalue weighted by Crippen LogP contribution is 2.31. The molecule has 0 unspecified atom stereocenters. The van der Waals surface area contributed by atoms with Crippen molar-refractivity contribution in [3.8, 4) is 5.88 Å². The number of hydrogen-bond donors (Lipinski definition) is 2. The minimum atomic E-state index is -0.233. The number of aromatic amines is 1. The van der Waals surface area contributed by atoms with Crippen molar-refractivity contribution in [1.29, 1.82) is 0 Å². The molecule has 2 rings (SSSR count). The average molecular weight is 279 g/mol. The van der Waals surface area contributed by atoms with E-state index < -0.39 is 0 Å². The van der Waals surface area contributed by atoms with Crippen molar-refractivity contribution in [1.82, 2.24) is 19.9 Å². The second kappa shape index (κ2) is 5.70. The van der Waals surface area contributed by atoms with E-state index in [0.717, 1.165) is 11.8 Å². The Balaban J connectivity index is 2.28. The van der Waals surface area contributed by atoms with Gasteiger partial charge < -0.3 is 15.5 Å². The number of nitrogens with one attached hydrogen (secondary N) is 1. The maximum Gasteiger partial charge on any atom is 0.251 e. The van der Waals surface area contributed by atoms with Crippen molar-refractivity contribution in [2.24, 2.45) is 0 Å². The normalized spacial score (nSPS) is 10.7. The molecule has 2 heterocycles. The van der Waals surface area contributed by atoms with Gasteiger partial charge in [0, 0.05) is 12.3 Å². The molecule has 0 aliphatic heterocycles. The fourth-order valence-corrected chi connectivity index (χ4v) is 2.00. The van der Waals surface area contributed by atoms with Crippen molar-refractivity contribution in [2.45, 2.75) is 30.1 Å². The van der Waals surface area contributed by atoms with E-state index in [2.05, 4.69) is 19.9 Å². The Morgan fingerprint density at radius 2 is 2.16 bits per heavy atom. The van der Waals surface area contributed by atoms with Gasteiger partial charge in [0.1, 0.15) is 17.0 Å². The smallest absolute Gasteiger partial charge is 0.251 e. The summed E-state index contributed by atoms with van der Waals surface area (Å²) >= 11 is 1.15. The van der Waals surface area contributed by atoms with E-state index in [-0.39, 0.29) is 11.7 Å². The molecule has 19 heavy (non-hydrogen) atoms. The summed E-state index contributed by atoms with van der Waals surface area (Å²) in [7, 11) is 0. The molecule has 0 atom stereocenters. The molecule has 7 nitrogen and oxygen atoms in total. The van der Waals surface area contributed by atoms with Crippen LogP contribution in [0.4, 0.5) is 5.69 Å². The molecule has 0 aliphatic rings. The van der Waals surface area contributed by atoms with Crippen molar-refractivity contribution in [2.75, 3.05) is 5.73 Å². The van der Waals surface area contributed by atoms with Crippen molar-refractivity contribution < 1.29 is 4.74 Å². The van der Waals surface area contributed by atoms with Crippen LogP contribution in [0.25, 0.3) is 0 Å². The number of hydrogen-bond acceptors (Lipinski definition) is 7. The van der Waals surface area contributed by atoms with Crippen LogP contribution in [-0.2, 0) is 0 Å². The molecule has 3 N–H and O–H groups in total. The lowest BCUT2D eigenvalue weighted by atomic mass is 10.4. The first kappa shape index (κ1) is 13.3. The van der Waals surface area contributed by atoms with Crippen LogP contribution < -0.4 is 16.0 Å². The second-order valence-electron chi connectivity index (χ2n) is 3.91. The molecule has 0 amide bonds. The molecular formula is C11H13N5O2S. The highest BCUT2D eigenvalue weighted by Gasteiger charge is 2.12. The first-order chi connectivity index (χ1) is 9.06. The van der Waals surface area contributed by atoms with Crippen molar-refractivity contribution in [3.63, 3.8) is 0 Å². The molecule has 8 heteroatoms. The Bertz CT molecular complexity index is 628. The molecule has 0 saturated carbocycles. The van der Waals surface area contributed by atoms with Gasteiger partial charge in [-0.15, -0.1) is 0 Å². The van der Waals surface area contributed by atoms with Crippen LogP contribution in [0.1, 0.15) is 13.8 Å². The van der Waals surface area contributed by atoms with Crippen molar-refractivity contribution >= 4 is 17.4 Å². The van der Waals surface area contributed by atoms with Crippen LogP contribution in [-0.4, -0.2) is 26.0 Å². The second-order valence-corrected chi connectivity index (χ2v) is 4.88. The first-order valence-corrected chi connectivity index (χ1v) is 6.38. The number of rotatable bonds is 4. The van der Waals surface area contributed by atoms with Gasteiger partial charge in [0.15, 0.2) is 5.16 Å². The lowest BCUT2D eigenvalue weighted by Crippen LogP contribution is -2.10. The molecule has 0 radical (unpaired) electrons. The predicted octanol–water partition coefficient (Wildman–Crippen LogP) is 1.08. The monoisotopic (exact) mass is 279 g/mol. The fraction of sp³-hybridized carbons (Fsp3) is 0.273. The van der Waals surface area contributed by atoms with E-state index >= 15 is 0 Å². The molecular weight excluding hydrogens is 266 g/mol. The minimum absolute atomic E-state index is 0.0373. The van der Waals surface area contributed by atoms with E-state index in [1.165, 1.54) is 18.6 Å². The number of H-pyrrole nitrogens is 1. The number of nitrogens with two attached hydrogens (primary N) is 1. The summed E-state index contributed by atoms with van der Waals surface area (Å²) in [6.45, 7) is 3.76. The summed E-state index contributed by atoms with van der Waals surface area (Å²) < 4.78 is 5.47. The Morgan fingerprint density at radius 1 is 1.37 bits per heavy atom. The van der Waals surface area contributed by atoms with Gasteiger partial charge in [0.25, 0.3) is 5.56 Å². The molecule has 0 spiro atoms. The lowest BCUT2D eigenvalue weighted by Gasteiger charge is -2.11. The summed E-state index contributed by atoms with van der Waals surface area (Å²) in [6, 6.07) is 1.33. The van der Waals surface area contributed by atoms with Crippen LogP contribution in [0.15, 0.2) is 33.6 Å². The fourth-order valence-electron chi connectivity index (χ4n) is 1.26. The van der Waals surface area contributed by atoms with E-state index in [0.29, 0.717) is 21.7 Å². The first-order valence-electron chi connectivity index (χ1n) is 5.56. The summed E-state index contributed by atoms with van der Waals surface area (Å²) in [6.07, 6.45) is 2.74. The maximum absolute atomic E-state index is 11.2. The van der Waals surface area contributed by atoms with E-state index in [1.807, 2.05) is 13.8 Å². The van der Waals surface area contributed by atoms with E-state index in [1.54, 1.807) is 0 Å². The summed E-state index contributed by atoms with van der Waals surface area (Å²) in [5.74, 6) is 0.325. The Kier molecular flexibility index (Phi) is 4.00. The molecule has 0 saturated heterocycles. The topological polar surface area (TPSA) is 107 Å². The number of nitrogens with zero attached hydrogens (tertiary/aromatic N) is 3. The minimum Gasteiger partial charge on any atom is -0.473 e. The maximum atomic E-state index is 11.2. The quantitative estimate of drug-likeness (QED) is 0.637. The zero-order chi connectivity index (χ0) is 13.8. The van der Waals surface area contributed by atoms with Crippen LogP contribution in [0, 0.1) is 0 Å². The third kappa shape index (κ3) is 3.44. The molecule has 0 bridgehead atoms. The zero-order valence-corrected chi connectivity index (χ0v) is 11.3. The number of ether oxygens (including phenoxy) is 1. The summed E-state index contributed by atoms with van der Waals surface area (Å²) in [5, 5.41) is 0.897. The zero-order valence-electron chi connectivity index (χ0n) is 10.5. The Labute approximate surface area is 113 Å². The molecule has 0 aromatic carbocycles. The van der Waals surface area contributed by atoms with E-state index in [9.17, 15) is 4.79 Å². The summed E-state index contributed by atoms with van der Waals surface area (Å²) in [4.78, 5) is 25.8. The summed E-state index contributed by atoms with van der Waals surface area (Å²) in [5.41, 5.74) is 6.02. The number of anilines is 1. The molecule has 100 valence electrons. The van der Waals surface area contributed by atoms with Crippen LogP contribution in [0.2, 0.25) is 0 Å². The van der Waals surface area contributed by atoms with Gasteiger partial charge in [-0.3, -0.25) is 4.79 Å². The SMILES string of the molecule is CC(C)Oc1ncnc(Sc2nccc(=O)[nH]2)c1N. The lowest BCUT2D eigenvalue weighted by molar-refractivity contribution is 0.233. The molecule has 0 fully saturated rings. The third-order valence-corrected chi connectivity index (χ3v) is 2.92. The van der Waals surface area contributed by atoms with E-state index in [4.69, 9.17) is 10.5 Å². The molecule has 2 aromatic heterocycles. The van der Waals surface area contributed by atoms with Crippen LogP contribution in [0.3, 0.4) is 0 Å². The molecule has 0 aliphatic carbocycles. The van der Waals surface area contributed by atoms with Gasteiger partial charge in [0.05, 0.1) is 6.10 Å². The van der Waals surface area contributed by atoms with Gasteiger partial charge in [-0.25, -0.2) is 9.97 Å². The van der Waals surface area contributed by atoms with Gasteiger partial charge in [0.2, 0.25) is 5.88 Å². The van der Waals surface area contributed by atoms with Gasteiger partial charge in [-0.05, 0) is 25.6 Å². The predicted molar refractivity (Wildman–Crippen MR) is 71.2 cm³/mol. The van der Waals surface area contributed by atoms with Gasteiger partial charge in [-0.2, -0.15) is 4.98 Å². The Hall–Kier alpha value is -2.09. The largest absolute Gasteiger partial charge is 0.473 e. The average Bonchev–Trinajstić information content (AvgIpc) is 2.34. The van der Waals surface area contributed by atoms with Crippen LogP contribution in [0.5, 0.6) is 5.88 Å². The highest BCUT2D eigenvalue weighted by molar-refractivity contribution is 7.99.